The van der Waals surface area contributed by atoms with Crippen LogP contribution >= 0.6 is 0 Å². The van der Waals surface area contributed by atoms with E-state index in [1.165, 1.54) is 6.08 Å². The normalized spacial score (nSPS) is 10.7. The Hall–Kier alpha value is -3.08. The van der Waals surface area contributed by atoms with Crippen LogP contribution in [0.2, 0.25) is 0 Å². The third-order valence-corrected chi connectivity index (χ3v) is 3.62. The molecule has 0 saturated carbocycles. The zero-order valence-corrected chi connectivity index (χ0v) is 14.7. The highest BCUT2D eigenvalue weighted by Crippen LogP contribution is 2.17. The Balaban J connectivity index is 1.89. The Morgan fingerprint density at radius 3 is 2.23 bits per heavy atom. The number of ether oxygens (including phenoxy) is 2. The molecule has 0 radical (unpaired) electrons. The smallest absolute Gasteiger partial charge is 0.343 e. The average Bonchev–Trinajstić information content (AvgIpc) is 2.65. The van der Waals surface area contributed by atoms with Gasteiger partial charge in [0.2, 0.25) is 0 Å². The fourth-order valence-electron chi connectivity index (χ4n) is 2.21. The molecule has 0 bridgehead atoms. The first-order valence-corrected chi connectivity index (χ1v) is 8.54. The van der Waals surface area contributed by atoms with Gasteiger partial charge in [0, 0.05) is 6.08 Å². The highest BCUT2D eigenvalue weighted by molar-refractivity contribution is 5.91. The van der Waals surface area contributed by atoms with E-state index in [0.29, 0.717) is 23.5 Å². The zero-order valence-electron chi connectivity index (χ0n) is 14.7. The fraction of sp³-hybridized carbons (Fsp3) is 0.238. The standard InChI is InChI=1S/C21H22O5/c1-2-3-4-15-25-18-12-8-17(9-13-18)21(24)26-19-10-5-16(6-11-19)7-14-20(22)23/h5-14H,2-4,15H2,1H3,(H,22,23). The van der Waals surface area contributed by atoms with Crippen LogP contribution in [0.25, 0.3) is 6.08 Å². The molecule has 0 aliphatic carbocycles. The number of unbranched alkanes of at least 4 members (excludes halogenated alkanes) is 2. The number of esters is 1. The van der Waals surface area contributed by atoms with Gasteiger partial charge in [0.1, 0.15) is 11.5 Å². The first-order valence-electron chi connectivity index (χ1n) is 8.54. The SMILES string of the molecule is CCCCCOc1ccc(C(=O)Oc2ccc(C=CC(=O)O)cc2)cc1. The van der Waals surface area contributed by atoms with E-state index in [4.69, 9.17) is 14.6 Å². The van der Waals surface area contributed by atoms with Crippen molar-refractivity contribution in [3.8, 4) is 11.5 Å². The molecule has 26 heavy (non-hydrogen) atoms. The summed E-state index contributed by atoms with van der Waals surface area (Å²) in [4.78, 5) is 22.7. The van der Waals surface area contributed by atoms with E-state index in [9.17, 15) is 9.59 Å². The molecular formula is C21H22O5. The Morgan fingerprint density at radius 2 is 1.62 bits per heavy atom. The van der Waals surface area contributed by atoms with Crippen molar-refractivity contribution in [3.05, 3.63) is 65.7 Å². The van der Waals surface area contributed by atoms with Gasteiger partial charge in [-0.25, -0.2) is 9.59 Å². The number of aliphatic carboxylic acids is 1. The van der Waals surface area contributed by atoms with E-state index in [0.717, 1.165) is 31.1 Å². The topological polar surface area (TPSA) is 72.8 Å². The molecule has 0 unspecified atom stereocenters. The van der Waals surface area contributed by atoms with E-state index < -0.39 is 11.9 Å². The molecule has 0 aromatic heterocycles. The molecule has 0 atom stereocenters. The lowest BCUT2D eigenvalue weighted by atomic mass is 10.2. The number of hydrogen-bond acceptors (Lipinski definition) is 4. The molecule has 2 rings (SSSR count). The summed E-state index contributed by atoms with van der Waals surface area (Å²) >= 11 is 0. The van der Waals surface area contributed by atoms with Crippen LogP contribution in [0.5, 0.6) is 11.5 Å². The van der Waals surface area contributed by atoms with Gasteiger partial charge in [0.25, 0.3) is 0 Å². The molecule has 2 aromatic rings. The quantitative estimate of drug-likeness (QED) is 0.309. The average molecular weight is 354 g/mol. The van der Waals surface area contributed by atoms with Crippen LogP contribution in [0.1, 0.15) is 42.1 Å². The minimum atomic E-state index is -1.02. The summed E-state index contributed by atoms with van der Waals surface area (Å²) in [6.45, 7) is 2.81. The second-order valence-electron chi connectivity index (χ2n) is 5.71. The maximum atomic E-state index is 12.2. The first-order chi connectivity index (χ1) is 12.6. The molecule has 2 aromatic carbocycles. The molecule has 0 spiro atoms. The molecule has 5 nitrogen and oxygen atoms in total. The minimum Gasteiger partial charge on any atom is -0.494 e. The van der Waals surface area contributed by atoms with Crippen molar-refractivity contribution in [2.75, 3.05) is 6.61 Å². The number of rotatable bonds is 9. The molecule has 136 valence electrons. The largest absolute Gasteiger partial charge is 0.494 e. The monoisotopic (exact) mass is 354 g/mol. The molecule has 1 N–H and O–H groups in total. The van der Waals surface area contributed by atoms with Gasteiger partial charge in [-0.3, -0.25) is 0 Å². The van der Waals surface area contributed by atoms with Gasteiger partial charge >= 0.3 is 11.9 Å². The van der Waals surface area contributed by atoms with E-state index in [1.54, 1.807) is 48.5 Å². The first kappa shape index (κ1) is 19.2. The van der Waals surface area contributed by atoms with Crippen LogP contribution in [0, 0.1) is 0 Å². The van der Waals surface area contributed by atoms with Crippen LogP contribution in [-0.4, -0.2) is 23.7 Å². The van der Waals surface area contributed by atoms with Gasteiger partial charge in [0.15, 0.2) is 0 Å². The van der Waals surface area contributed by atoms with Crippen LogP contribution in [0.3, 0.4) is 0 Å². The van der Waals surface area contributed by atoms with Crippen molar-refractivity contribution in [1.82, 2.24) is 0 Å². The van der Waals surface area contributed by atoms with Gasteiger partial charge in [0.05, 0.1) is 12.2 Å². The Bertz CT molecular complexity index is 745. The lowest BCUT2D eigenvalue weighted by molar-refractivity contribution is -0.131. The summed E-state index contributed by atoms with van der Waals surface area (Å²) in [5.41, 5.74) is 1.14. The molecule has 0 amide bonds. The molecule has 0 heterocycles. The number of carboxylic acids is 1. The van der Waals surface area contributed by atoms with E-state index in [1.807, 2.05) is 0 Å². The van der Waals surface area contributed by atoms with Gasteiger partial charge in [-0.15, -0.1) is 0 Å². The summed E-state index contributed by atoms with van der Waals surface area (Å²) in [6, 6.07) is 13.4. The molecule has 0 aliphatic rings. The van der Waals surface area contributed by atoms with Crippen molar-refractivity contribution >= 4 is 18.0 Å². The van der Waals surface area contributed by atoms with Crippen LogP contribution < -0.4 is 9.47 Å². The predicted octanol–water partition coefficient (Wildman–Crippen LogP) is 4.57. The lowest BCUT2D eigenvalue weighted by Gasteiger charge is -2.07. The molecule has 0 fully saturated rings. The number of benzene rings is 2. The summed E-state index contributed by atoms with van der Waals surface area (Å²) in [5, 5.41) is 8.60. The third kappa shape index (κ3) is 6.43. The summed E-state index contributed by atoms with van der Waals surface area (Å²) in [7, 11) is 0. The van der Waals surface area contributed by atoms with Crippen molar-refractivity contribution in [2.45, 2.75) is 26.2 Å². The van der Waals surface area contributed by atoms with Crippen molar-refractivity contribution in [3.63, 3.8) is 0 Å². The van der Waals surface area contributed by atoms with Crippen LogP contribution in [0.15, 0.2) is 54.6 Å². The Kier molecular flexibility index (Phi) is 7.43. The zero-order chi connectivity index (χ0) is 18.8. The third-order valence-electron chi connectivity index (χ3n) is 3.62. The van der Waals surface area contributed by atoms with Gasteiger partial charge in [-0.2, -0.15) is 0 Å². The van der Waals surface area contributed by atoms with Crippen LogP contribution in [0.4, 0.5) is 0 Å². The Labute approximate surface area is 152 Å². The maximum absolute atomic E-state index is 12.2. The number of carboxylic acid groups (broad SMARTS) is 1. The van der Waals surface area contributed by atoms with E-state index in [-0.39, 0.29) is 0 Å². The Morgan fingerprint density at radius 1 is 0.962 bits per heavy atom. The van der Waals surface area contributed by atoms with Gasteiger partial charge in [-0.05, 0) is 54.5 Å². The van der Waals surface area contributed by atoms with Crippen molar-refractivity contribution in [2.24, 2.45) is 0 Å². The van der Waals surface area contributed by atoms with Gasteiger partial charge < -0.3 is 14.6 Å². The summed E-state index contributed by atoms with van der Waals surface area (Å²) < 4.78 is 10.9. The van der Waals surface area contributed by atoms with E-state index in [2.05, 4.69) is 6.92 Å². The second-order valence-corrected chi connectivity index (χ2v) is 5.71. The molecule has 0 saturated heterocycles. The number of carbonyl (C=O) groups excluding carboxylic acids is 1. The van der Waals surface area contributed by atoms with Crippen molar-refractivity contribution in [1.29, 1.82) is 0 Å². The maximum Gasteiger partial charge on any atom is 0.343 e. The molecular weight excluding hydrogens is 332 g/mol. The van der Waals surface area contributed by atoms with Crippen molar-refractivity contribution < 1.29 is 24.2 Å². The number of hydrogen-bond donors (Lipinski definition) is 1. The highest BCUT2D eigenvalue weighted by atomic mass is 16.5. The second kappa shape index (κ2) is 10.0. The number of carbonyl (C=O) groups is 2. The highest BCUT2D eigenvalue weighted by Gasteiger charge is 2.08. The summed E-state index contributed by atoms with van der Waals surface area (Å²) in [5.74, 6) is -0.357. The summed E-state index contributed by atoms with van der Waals surface area (Å²) in [6.07, 6.45) is 5.80. The molecule has 5 heteroatoms. The molecule has 0 aliphatic heterocycles. The van der Waals surface area contributed by atoms with E-state index >= 15 is 0 Å². The van der Waals surface area contributed by atoms with Gasteiger partial charge in [-0.1, -0.05) is 31.9 Å². The fourth-order valence-corrected chi connectivity index (χ4v) is 2.21. The minimum absolute atomic E-state index is 0.391. The van der Waals surface area contributed by atoms with Crippen LogP contribution in [-0.2, 0) is 4.79 Å². The lowest BCUT2D eigenvalue weighted by Crippen LogP contribution is -2.08. The predicted molar refractivity (Wildman–Crippen MR) is 99.5 cm³/mol.